The van der Waals surface area contributed by atoms with Crippen molar-refractivity contribution >= 4 is 22.3 Å². The van der Waals surface area contributed by atoms with Crippen LogP contribution in [0, 0.1) is 22.9 Å². The van der Waals surface area contributed by atoms with Gasteiger partial charge in [0.25, 0.3) is 0 Å². The van der Waals surface area contributed by atoms with Gasteiger partial charge in [-0.25, -0.2) is 13.2 Å². The van der Waals surface area contributed by atoms with Crippen molar-refractivity contribution in [3.63, 3.8) is 0 Å². The Balaban J connectivity index is 1.37. The number of rotatable bonds is 3. The highest BCUT2D eigenvalue weighted by Gasteiger charge is 2.44. The zero-order valence-corrected chi connectivity index (χ0v) is 14.9. The van der Waals surface area contributed by atoms with Crippen LogP contribution in [0.5, 0.6) is 0 Å². The van der Waals surface area contributed by atoms with Gasteiger partial charge in [0.2, 0.25) is 0 Å². The lowest BCUT2D eigenvalue weighted by Gasteiger charge is -2.28. The van der Waals surface area contributed by atoms with Gasteiger partial charge in [-0.15, -0.1) is 0 Å². The number of aromatic nitrogens is 1. The van der Waals surface area contributed by atoms with E-state index in [1.807, 2.05) is 6.07 Å². The van der Waals surface area contributed by atoms with Crippen LogP contribution in [0.15, 0.2) is 36.5 Å². The molecule has 0 amide bonds. The number of hydrogen-bond donors (Lipinski definition) is 2. The van der Waals surface area contributed by atoms with Crippen LogP contribution in [0.3, 0.4) is 0 Å². The maximum Gasteiger partial charge on any atom is 0.160 e. The summed E-state index contributed by atoms with van der Waals surface area (Å²) < 4.78 is 41.6. The quantitative estimate of drug-likeness (QED) is 0.523. The highest BCUT2D eigenvalue weighted by Crippen LogP contribution is 2.58. The average Bonchev–Trinajstić information content (AvgIpc) is 3.31. The molecule has 27 heavy (non-hydrogen) atoms. The summed E-state index contributed by atoms with van der Waals surface area (Å²) >= 11 is 0. The molecule has 5 heteroatoms. The summed E-state index contributed by atoms with van der Waals surface area (Å²) in [5.41, 5.74) is 2.99. The fourth-order valence-corrected chi connectivity index (χ4v) is 4.49. The number of fused-ring (bicyclic) bond motifs is 1. The molecule has 0 saturated heterocycles. The van der Waals surface area contributed by atoms with Gasteiger partial charge in [-0.1, -0.05) is 6.07 Å². The van der Waals surface area contributed by atoms with Gasteiger partial charge < -0.3 is 10.3 Å². The molecule has 2 fully saturated rings. The molecule has 1 spiro atoms. The first-order valence-electron chi connectivity index (χ1n) is 9.56. The summed E-state index contributed by atoms with van der Waals surface area (Å²) in [6.45, 7) is 0. The Morgan fingerprint density at radius 3 is 2.30 bits per heavy atom. The molecular formula is C22H21F3N2. The fraction of sp³-hybridized carbons (Fsp3) is 0.364. The molecular weight excluding hydrogens is 349 g/mol. The molecule has 2 aliphatic rings. The number of benzene rings is 2. The summed E-state index contributed by atoms with van der Waals surface area (Å²) in [5, 5.41) is 3.49. The van der Waals surface area contributed by atoms with E-state index in [1.54, 1.807) is 18.3 Å². The van der Waals surface area contributed by atoms with E-state index >= 15 is 0 Å². The summed E-state index contributed by atoms with van der Waals surface area (Å²) in [7, 11) is 0. The van der Waals surface area contributed by atoms with Crippen molar-refractivity contribution in [1.29, 1.82) is 0 Å². The third kappa shape index (κ3) is 2.99. The van der Waals surface area contributed by atoms with E-state index in [0.29, 0.717) is 33.6 Å². The second kappa shape index (κ2) is 6.04. The van der Waals surface area contributed by atoms with Gasteiger partial charge in [0, 0.05) is 17.6 Å². The second-order valence-corrected chi connectivity index (χ2v) is 8.15. The molecule has 1 aromatic heterocycles. The fourth-order valence-electron chi connectivity index (χ4n) is 4.49. The van der Waals surface area contributed by atoms with Gasteiger partial charge in [-0.05, 0) is 73.6 Å². The molecule has 0 unspecified atom stereocenters. The largest absolute Gasteiger partial charge is 0.359 e. The van der Waals surface area contributed by atoms with Crippen molar-refractivity contribution in [3.05, 3.63) is 59.5 Å². The van der Waals surface area contributed by atoms with Crippen LogP contribution in [-0.4, -0.2) is 4.98 Å². The van der Waals surface area contributed by atoms with E-state index in [-0.39, 0.29) is 5.82 Å². The van der Waals surface area contributed by atoms with Gasteiger partial charge in [0.15, 0.2) is 11.6 Å². The van der Waals surface area contributed by atoms with Crippen molar-refractivity contribution in [1.82, 2.24) is 4.98 Å². The van der Waals surface area contributed by atoms with Crippen LogP contribution in [0.25, 0.3) is 10.9 Å². The average molecular weight is 370 g/mol. The number of hydrogen-bond acceptors (Lipinski definition) is 1. The highest BCUT2D eigenvalue weighted by atomic mass is 19.2. The van der Waals surface area contributed by atoms with Gasteiger partial charge >= 0.3 is 0 Å². The Labute approximate surface area is 155 Å². The first-order valence-corrected chi connectivity index (χ1v) is 9.56. The van der Waals surface area contributed by atoms with E-state index in [2.05, 4.69) is 10.3 Å². The smallest absolute Gasteiger partial charge is 0.160 e. The number of aromatic amines is 1. The summed E-state index contributed by atoms with van der Waals surface area (Å²) in [6, 6.07) is 7.56. The number of anilines is 2. The molecule has 5 rings (SSSR count). The monoisotopic (exact) mass is 370 g/mol. The lowest BCUT2D eigenvalue weighted by molar-refractivity contribution is 0.305. The van der Waals surface area contributed by atoms with E-state index in [0.717, 1.165) is 30.5 Å². The zero-order chi connectivity index (χ0) is 18.6. The normalized spacial score (nSPS) is 18.9. The van der Waals surface area contributed by atoms with Crippen molar-refractivity contribution < 1.29 is 13.2 Å². The molecule has 0 bridgehead atoms. The van der Waals surface area contributed by atoms with Gasteiger partial charge in [0.1, 0.15) is 5.82 Å². The lowest BCUT2D eigenvalue weighted by atomic mass is 9.77. The molecule has 2 N–H and O–H groups in total. The van der Waals surface area contributed by atoms with Crippen LogP contribution in [-0.2, 0) is 0 Å². The first-order chi connectivity index (χ1) is 13.0. The maximum absolute atomic E-state index is 14.7. The summed E-state index contributed by atoms with van der Waals surface area (Å²) in [5.74, 6) is -1.72. The SMILES string of the molecule is Fc1cc2[nH]cc(Nc3ccc(C4CCC5(CC4)CC5)cc3F)c2cc1F. The maximum atomic E-state index is 14.7. The van der Waals surface area contributed by atoms with Crippen LogP contribution in [0.2, 0.25) is 0 Å². The molecule has 140 valence electrons. The van der Waals surface area contributed by atoms with E-state index < -0.39 is 11.6 Å². The summed E-state index contributed by atoms with van der Waals surface area (Å²) in [4.78, 5) is 2.88. The van der Waals surface area contributed by atoms with Crippen LogP contribution in [0.1, 0.15) is 50.0 Å². The molecule has 2 aliphatic carbocycles. The van der Waals surface area contributed by atoms with Crippen LogP contribution in [0.4, 0.5) is 24.5 Å². The first kappa shape index (κ1) is 16.7. The molecule has 0 atom stereocenters. The Morgan fingerprint density at radius 1 is 0.852 bits per heavy atom. The lowest BCUT2D eigenvalue weighted by Crippen LogP contribution is -2.14. The molecule has 3 aromatic rings. The number of halogens is 3. The molecule has 1 heterocycles. The van der Waals surface area contributed by atoms with E-state index in [4.69, 9.17) is 0 Å². The van der Waals surface area contributed by atoms with Gasteiger partial charge in [-0.3, -0.25) is 0 Å². The van der Waals surface area contributed by atoms with Gasteiger partial charge in [-0.2, -0.15) is 0 Å². The molecule has 2 saturated carbocycles. The molecule has 2 aromatic carbocycles. The summed E-state index contributed by atoms with van der Waals surface area (Å²) in [6.07, 6.45) is 9.12. The standard InChI is InChI=1S/C22H21F3N2/c23-16-10-15-20(11-17(16)24)26-12-21(15)27-19-2-1-14(9-18(19)25)13-3-5-22(6-4-13)7-8-22/h1-2,9-13,26-27H,3-8H2. The molecule has 2 nitrogen and oxygen atoms in total. The van der Waals surface area contributed by atoms with Crippen LogP contribution < -0.4 is 5.32 Å². The van der Waals surface area contributed by atoms with Gasteiger partial charge in [0.05, 0.1) is 16.9 Å². The predicted octanol–water partition coefficient (Wildman–Crippen LogP) is 6.77. The Hall–Kier alpha value is -2.43. The van der Waals surface area contributed by atoms with E-state index in [1.165, 1.54) is 25.7 Å². The van der Waals surface area contributed by atoms with Crippen molar-refractivity contribution in [3.8, 4) is 0 Å². The Kier molecular flexibility index (Phi) is 3.74. The van der Waals surface area contributed by atoms with Crippen molar-refractivity contribution in [2.75, 3.05) is 5.32 Å². The van der Waals surface area contributed by atoms with Crippen LogP contribution >= 0.6 is 0 Å². The third-order valence-corrected chi connectivity index (χ3v) is 6.46. The predicted molar refractivity (Wildman–Crippen MR) is 101 cm³/mol. The number of H-pyrrole nitrogens is 1. The minimum Gasteiger partial charge on any atom is -0.359 e. The second-order valence-electron chi connectivity index (χ2n) is 8.15. The third-order valence-electron chi connectivity index (χ3n) is 6.46. The van der Waals surface area contributed by atoms with E-state index in [9.17, 15) is 13.2 Å². The minimum absolute atomic E-state index is 0.323. The van der Waals surface area contributed by atoms with Crippen molar-refractivity contribution in [2.45, 2.75) is 44.4 Å². The number of nitrogens with one attached hydrogen (secondary N) is 2. The Morgan fingerprint density at radius 2 is 1.59 bits per heavy atom. The Bertz CT molecular complexity index is 1010. The molecule has 0 radical (unpaired) electrons. The minimum atomic E-state index is -0.924. The van der Waals surface area contributed by atoms with Crippen molar-refractivity contribution in [2.24, 2.45) is 5.41 Å². The topological polar surface area (TPSA) is 27.8 Å². The molecule has 0 aliphatic heterocycles. The zero-order valence-electron chi connectivity index (χ0n) is 14.9. The highest BCUT2D eigenvalue weighted by molar-refractivity contribution is 5.94.